The molecule has 1 heterocycles. The number of anilines is 1. The molecule has 0 aliphatic carbocycles. The number of Topliss-reactive ketones (excluding diaryl/α,β-unsaturated/α-hetero) is 1. The molecule has 0 saturated carbocycles. The van der Waals surface area contributed by atoms with Crippen LogP contribution in [0.25, 0.3) is 0 Å². The number of nitrogen functional groups attached to an aromatic ring is 1. The number of carbonyl (C=O) groups is 2. The van der Waals surface area contributed by atoms with Gasteiger partial charge in [-0.3, -0.25) is 14.5 Å². The summed E-state index contributed by atoms with van der Waals surface area (Å²) in [4.78, 5) is 25.1. The van der Waals surface area contributed by atoms with Gasteiger partial charge in [0.25, 0.3) is 0 Å². The molecule has 0 aromatic heterocycles. The minimum absolute atomic E-state index is 0.102. The molecule has 3 N–H and O–H groups in total. The third kappa shape index (κ3) is 3.52. The molecule has 0 bridgehead atoms. The Bertz CT molecular complexity index is 544. The van der Waals surface area contributed by atoms with Crippen LogP contribution in [0.15, 0.2) is 18.2 Å². The summed E-state index contributed by atoms with van der Waals surface area (Å²) in [6, 6.07) is 4.35. The van der Waals surface area contributed by atoms with E-state index in [2.05, 4.69) is 0 Å². The molecule has 1 aromatic rings. The zero-order valence-electron chi connectivity index (χ0n) is 12.0. The molecule has 1 saturated heterocycles. The Morgan fingerprint density at radius 2 is 2.24 bits per heavy atom. The molecule has 2 rings (SSSR count). The lowest BCUT2D eigenvalue weighted by Gasteiger charge is -2.20. The first-order chi connectivity index (χ1) is 10.0. The Kier molecular flexibility index (Phi) is 4.80. The van der Waals surface area contributed by atoms with Gasteiger partial charge in [-0.1, -0.05) is 0 Å². The third-order valence-electron chi connectivity index (χ3n) is 3.63. The average molecular weight is 292 g/mol. The number of hydrogen-bond acceptors (Lipinski definition) is 5. The van der Waals surface area contributed by atoms with Crippen molar-refractivity contribution >= 4 is 17.4 Å². The van der Waals surface area contributed by atoms with Crippen molar-refractivity contribution in [1.29, 1.82) is 0 Å². The molecule has 0 radical (unpaired) electrons. The maximum absolute atomic E-state index is 12.3. The van der Waals surface area contributed by atoms with Crippen LogP contribution >= 0.6 is 0 Å². The van der Waals surface area contributed by atoms with E-state index in [1.165, 1.54) is 0 Å². The Balaban J connectivity index is 2.06. The van der Waals surface area contributed by atoms with Gasteiger partial charge in [0.05, 0.1) is 18.8 Å². The van der Waals surface area contributed by atoms with Crippen molar-refractivity contribution in [2.24, 2.45) is 0 Å². The van der Waals surface area contributed by atoms with E-state index in [1.807, 2.05) is 6.92 Å². The predicted octanol–water partition coefficient (Wildman–Crippen LogP) is 1.40. The smallest absolute Gasteiger partial charge is 0.320 e. The lowest BCUT2D eigenvalue weighted by atomic mass is 10.1. The van der Waals surface area contributed by atoms with Crippen LogP contribution in [-0.2, 0) is 4.79 Å². The molecular formula is C15H20N2O4. The number of hydrogen-bond donors (Lipinski definition) is 2. The van der Waals surface area contributed by atoms with E-state index in [0.29, 0.717) is 36.6 Å². The van der Waals surface area contributed by atoms with Crippen LogP contribution in [0.5, 0.6) is 5.75 Å². The Morgan fingerprint density at radius 1 is 1.48 bits per heavy atom. The summed E-state index contributed by atoms with van der Waals surface area (Å²) in [5.41, 5.74) is 6.74. The number of aliphatic carboxylic acids is 1. The number of ether oxygens (including phenoxy) is 1. The molecule has 21 heavy (non-hydrogen) atoms. The molecule has 6 nitrogen and oxygen atoms in total. The van der Waals surface area contributed by atoms with Crippen molar-refractivity contribution in [1.82, 2.24) is 4.90 Å². The highest BCUT2D eigenvalue weighted by Gasteiger charge is 2.31. The zero-order chi connectivity index (χ0) is 15.4. The van der Waals surface area contributed by atoms with Crippen molar-refractivity contribution in [3.05, 3.63) is 23.8 Å². The number of likely N-dealkylation sites (tertiary alicyclic amines) is 1. The van der Waals surface area contributed by atoms with Crippen molar-refractivity contribution < 1.29 is 19.4 Å². The molecule has 6 heteroatoms. The molecular weight excluding hydrogens is 272 g/mol. The van der Waals surface area contributed by atoms with E-state index in [-0.39, 0.29) is 12.3 Å². The summed E-state index contributed by atoms with van der Waals surface area (Å²) in [6.45, 7) is 3.10. The summed E-state index contributed by atoms with van der Waals surface area (Å²) in [6.07, 6.45) is 1.39. The quantitative estimate of drug-likeness (QED) is 0.608. The molecule has 1 atom stereocenters. The first-order valence-electron chi connectivity index (χ1n) is 7.05. The van der Waals surface area contributed by atoms with Crippen molar-refractivity contribution in [2.75, 3.05) is 25.4 Å². The van der Waals surface area contributed by atoms with Gasteiger partial charge in [-0.2, -0.15) is 0 Å². The zero-order valence-corrected chi connectivity index (χ0v) is 12.0. The Hall–Kier alpha value is -2.08. The molecule has 1 unspecified atom stereocenters. The number of benzene rings is 1. The van der Waals surface area contributed by atoms with Crippen LogP contribution in [0.3, 0.4) is 0 Å². The van der Waals surface area contributed by atoms with E-state index in [1.54, 1.807) is 23.1 Å². The Labute approximate surface area is 123 Å². The van der Waals surface area contributed by atoms with Gasteiger partial charge >= 0.3 is 5.97 Å². The highest BCUT2D eigenvalue weighted by molar-refractivity contribution is 5.99. The van der Waals surface area contributed by atoms with Gasteiger partial charge in [0, 0.05) is 5.56 Å². The van der Waals surface area contributed by atoms with Crippen LogP contribution in [-0.4, -0.2) is 47.5 Å². The number of carboxylic acids is 1. The molecule has 0 amide bonds. The van der Waals surface area contributed by atoms with Gasteiger partial charge in [-0.25, -0.2) is 0 Å². The second kappa shape index (κ2) is 6.58. The maximum atomic E-state index is 12.3. The summed E-state index contributed by atoms with van der Waals surface area (Å²) < 4.78 is 5.33. The number of carboxylic acid groups (broad SMARTS) is 1. The monoisotopic (exact) mass is 292 g/mol. The fourth-order valence-corrected chi connectivity index (χ4v) is 2.58. The standard InChI is InChI=1S/C15H20N2O4/c1-2-21-14-6-5-10(8-11(14)16)13(18)9-17-7-3-4-12(17)15(19)20/h5-6,8,12H,2-4,7,9,16H2,1H3,(H,19,20). The lowest BCUT2D eigenvalue weighted by molar-refractivity contribution is -0.141. The van der Waals surface area contributed by atoms with Gasteiger partial charge < -0.3 is 15.6 Å². The second-order valence-corrected chi connectivity index (χ2v) is 5.08. The molecule has 1 aromatic carbocycles. The highest BCUT2D eigenvalue weighted by atomic mass is 16.5. The molecule has 1 aliphatic rings. The van der Waals surface area contributed by atoms with Crippen LogP contribution in [0.4, 0.5) is 5.69 Å². The van der Waals surface area contributed by atoms with Gasteiger partial charge in [0.2, 0.25) is 0 Å². The summed E-state index contributed by atoms with van der Waals surface area (Å²) >= 11 is 0. The number of ketones is 1. The van der Waals surface area contributed by atoms with Crippen molar-refractivity contribution in [3.63, 3.8) is 0 Å². The number of rotatable bonds is 6. The van der Waals surface area contributed by atoms with E-state index in [0.717, 1.165) is 6.42 Å². The van der Waals surface area contributed by atoms with E-state index >= 15 is 0 Å². The van der Waals surface area contributed by atoms with Gasteiger partial charge in [0.1, 0.15) is 11.8 Å². The normalized spacial score (nSPS) is 18.6. The van der Waals surface area contributed by atoms with Gasteiger partial charge in [-0.15, -0.1) is 0 Å². The van der Waals surface area contributed by atoms with Gasteiger partial charge in [-0.05, 0) is 44.5 Å². The van der Waals surface area contributed by atoms with E-state index < -0.39 is 12.0 Å². The molecule has 1 fully saturated rings. The van der Waals surface area contributed by atoms with Crippen LogP contribution < -0.4 is 10.5 Å². The first-order valence-corrected chi connectivity index (χ1v) is 7.05. The summed E-state index contributed by atoms with van der Waals surface area (Å²) in [5, 5.41) is 9.12. The molecule has 0 spiro atoms. The number of nitrogens with zero attached hydrogens (tertiary/aromatic N) is 1. The molecule has 1 aliphatic heterocycles. The number of nitrogens with two attached hydrogens (primary N) is 1. The van der Waals surface area contributed by atoms with Crippen molar-refractivity contribution in [2.45, 2.75) is 25.8 Å². The SMILES string of the molecule is CCOc1ccc(C(=O)CN2CCCC2C(=O)O)cc1N. The third-order valence-corrected chi connectivity index (χ3v) is 3.63. The highest BCUT2D eigenvalue weighted by Crippen LogP contribution is 2.24. The predicted molar refractivity (Wildman–Crippen MR) is 78.6 cm³/mol. The van der Waals surface area contributed by atoms with Crippen LogP contribution in [0.1, 0.15) is 30.1 Å². The van der Waals surface area contributed by atoms with E-state index in [9.17, 15) is 9.59 Å². The van der Waals surface area contributed by atoms with Crippen LogP contribution in [0, 0.1) is 0 Å². The van der Waals surface area contributed by atoms with Crippen molar-refractivity contribution in [3.8, 4) is 5.75 Å². The Morgan fingerprint density at radius 3 is 2.86 bits per heavy atom. The first kappa shape index (κ1) is 15.3. The number of carbonyl (C=O) groups excluding carboxylic acids is 1. The lowest BCUT2D eigenvalue weighted by Crippen LogP contribution is -2.39. The topological polar surface area (TPSA) is 92.9 Å². The second-order valence-electron chi connectivity index (χ2n) is 5.08. The molecule has 114 valence electrons. The fourth-order valence-electron chi connectivity index (χ4n) is 2.58. The maximum Gasteiger partial charge on any atom is 0.320 e. The fraction of sp³-hybridized carbons (Fsp3) is 0.467. The van der Waals surface area contributed by atoms with Crippen LogP contribution in [0.2, 0.25) is 0 Å². The minimum atomic E-state index is -0.869. The summed E-state index contributed by atoms with van der Waals surface area (Å²) in [5.74, 6) is -0.442. The largest absolute Gasteiger partial charge is 0.492 e. The summed E-state index contributed by atoms with van der Waals surface area (Å²) in [7, 11) is 0. The van der Waals surface area contributed by atoms with E-state index in [4.69, 9.17) is 15.6 Å². The van der Waals surface area contributed by atoms with Gasteiger partial charge in [0.15, 0.2) is 5.78 Å². The average Bonchev–Trinajstić information content (AvgIpc) is 2.89. The minimum Gasteiger partial charge on any atom is -0.492 e.